The first-order valence-corrected chi connectivity index (χ1v) is 12.9. The van der Waals surface area contributed by atoms with Gasteiger partial charge in [0.2, 0.25) is 11.9 Å². The monoisotopic (exact) mass is 517 g/mol. The Morgan fingerprint density at radius 2 is 1.89 bits per heavy atom. The summed E-state index contributed by atoms with van der Waals surface area (Å²) in [7, 11) is 5.92. The number of hydrogen-bond acceptors (Lipinski definition) is 7. The summed E-state index contributed by atoms with van der Waals surface area (Å²) in [6, 6.07) is 2.89. The molecule has 5 rings (SSSR count). The van der Waals surface area contributed by atoms with Crippen LogP contribution in [0.2, 0.25) is 0 Å². The van der Waals surface area contributed by atoms with Gasteiger partial charge < -0.3 is 24.4 Å². The molecule has 3 aromatic rings. The molecule has 0 spiro atoms. The van der Waals surface area contributed by atoms with Crippen LogP contribution >= 0.6 is 0 Å². The Balaban J connectivity index is 1.48. The zero-order valence-corrected chi connectivity index (χ0v) is 22.7. The van der Waals surface area contributed by atoms with Gasteiger partial charge in [-0.05, 0) is 38.5 Å². The van der Waals surface area contributed by atoms with Crippen LogP contribution < -0.4 is 10.2 Å². The van der Waals surface area contributed by atoms with Gasteiger partial charge in [-0.2, -0.15) is 0 Å². The van der Waals surface area contributed by atoms with Crippen LogP contribution in [-0.4, -0.2) is 90.4 Å². The number of ether oxygens (including phenoxy) is 1. The molecule has 10 nitrogen and oxygen atoms in total. The van der Waals surface area contributed by atoms with Gasteiger partial charge in [-0.3, -0.25) is 4.79 Å². The zero-order valence-electron chi connectivity index (χ0n) is 22.7. The number of nitrogens with one attached hydrogen (secondary N) is 1. The average Bonchev–Trinajstić information content (AvgIpc) is 3.36. The van der Waals surface area contributed by atoms with E-state index >= 15 is 4.39 Å². The number of fused-ring (bicyclic) bond motifs is 3. The number of rotatable bonds is 4. The SMILES string of the molecule is BC(B)(B)N(C(=O)OC(C)(C)C)[C@@H]1CCn2c1nc1cc(F)c(-c3cnc(N4CCNC(=O)C4)nc3)cc12. The van der Waals surface area contributed by atoms with E-state index in [1.807, 2.05) is 48.9 Å². The van der Waals surface area contributed by atoms with E-state index in [1.54, 1.807) is 28.3 Å². The van der Waals surface area contributed by atoms with Crippen molar-refractivity contribution in [1.29, 1.82) is 0 Å². The van der Waals surface area contributed by atoms with Gasteiger partial charge in [0.1, 0.15) is 40.8 Å². The highest BCUT2D eigenvalue weighted by molar-refractivity contribution is 6.59. The summed E-state index contributed by atoms with van der Waals surface area (Å²) < 4.78 is 23.1. The lowest BCUT2D eigenvalue weighted by Crippen LogP contribution is -2.56. The van der Waals surface area contributed by atoms with Crippen LogP contribution in [0.1, 0.15) is 39.1 Å². The average molecular weight is 517 g/mol. The van der Waals surface area contributed by atoms with Crippen molar-refractivity contribution in [2.45, 2.75) is 50.6 Å². The molecule has 0 radical (unpaired) electrons. The predicted octanol–water partition coefficient (Wildman–Crippen LogP) is -0.239. The van der Waals surface area contributed by atoms with Crippen LogP contribution in [0.4, 0.5) is 15.1 Å². The number of aryl methyl sites for hydroxylation is 1. The van der Waals surface area contributed by atoms with E-state index < -0.39 is 22.7 Å². The molecule has 2 aliphatic rings. The molecule has 0 saturated carbocycles. The van der Waals surface area contributed by atoms with Crippen molar-refractivity contribution in [2.24, 2.45) is 0 Å². The van der Waals surface area contributed by atoms with Crippen molar-refractivity contribution in [3.05, 3.63) is 36.2 Å². The van der Waals surface area contributed by atoms with Gasteiger partial charge in [-0.15, -0.1) is 0 Å². The van der Waals surface area contributed by atoms with Crippen molar-refractivity contribution in [1.82, 2.24) is 29.7 Å². The minimum absolute atomic E-state index is 0.0787. The number of benzene rings is 1. The van der Waals surface area contributed by atoms with Crippen LogP contribution in [0.15, 0.2) is 24.5 Å². The van der Waals surface area contributed by atoms with Crippen LogP contribution in [0, 0.1) is 5.82 Å². The van der Waals surface area contributed by atoms with E-state index in [0.29, 0.717) is 54.5 Å². The summed E-state index contributed by atoms with van der Waals surface area (Å²) in [4.78, 5) is 42.0. The largest absolute Gasteiger partial charge is 0.444 e. The summed E-state index contributed by atoms with van der Waals surface area (Å²) in [5, 5.41) is 2.26. The smallest absolute Gasteiger partial charge is 0.409 e. The van der Waals surface area contributed by atoms with Crippen molar-refractivity contribution >= 4 is 52.5 Å². The van der Waals surface area contributed by atoms with E-state index in [9.17, 15) is 9.59 Å². The Bertz CT molecular complexity index is 1400. The van der Waals surface area contributed by atoms with Crippen LogP contribution in [0.25, 0.3) is 22.2 Å². The lowest BCUT2D eigenvalue weighted by molar-refractivity contribution is -0.120. The summed E-state index contributed by atoms with van der Waals surface area (Å²) in [6.07, 6.45) is 3.44. The molecule has 2 aliphatic heterocycles. The summed E-state index contributed by atoms with van der Waals surface area (Å²) in [5.74, 6) is 0.638. The number of anilines is 1. The van der Waals surface area contributed by atoms with Crippen LogP contribution in [0.3, 0.4) is 0 Å². The first-order valence-electron chi connectivity index (χ1n) is 12.9. The third-order valence-electron chi connectivity index (χ3n) is 6.69. The lowest BCUT2D eigenvalue weighted by atomic mass is 9.48. The van der Waals surface area contributed by atoms with Gasteiger partial charge in [-0.25, -0.2) is 24.1 Å². The molecule has 1 aromatic carbocycles. The fraction of sp³-hybridized carbons (Fsp3) is 0.458. The van der Waals surface area contributed by atoms with Crippen molar-refractivity contribution in [3.63, 3.8) is 0 Å². The van der Waals surface area contributed by atoms with Gasteiger partial charge in [-0.1, -0.05) is 0 Å². The number of halogens is 1. The number of piperazine rings is 1. The van der Waals surface area contributed by atoms with Gasteiger partial charge in [0.05, 0.1) is 23.6 Å². The zero-order chi connectivity index (χ0) is 27.4. The molecule has 1 N–H and O–H groups in total. The maximum Gasteiger partial charge on any atom is 0.409 e. The number of imidazole rings is 1. The van der Waals surface area contributed by atoms with E-state index in [0.717, 1.165) is 5.52 Å². The lowest BCUT2D eigenvalue weighted by Gasteiger charge is -2.40. The number of aromatic nitrogens is 4. The normalized spacial score (nSPS) is 17.8. The number of carbonyl (C=O) groups excluding carboxylic acids is 2. The van der Waals surface area contributed by atoms with Crippen molar-refractivity contribution in [2.75, 3.05) is 24.5 Å². The molecule has 0 aliphatic carbocycles. The number of carbonyl (C=O) groups is 2. The Kier molecular flexibility index (Phi) is 6.39. The molecule has 2 amide bonds. The summed E-state index contributed by atoms with van der Waals surface area (Å²) >= 11 is 0. The topological polar surface area (TPSA) is 105 Å². The molecule has 14 heteroatoms. The van der Waals surface area contributed by atoms with E-state index in [1.165, 1.54) is 6.07 Å². The predicted molar refractivity (Wildman–Crippen MR) is 150 cm³/mol. The fourth-order valence-corrected chi connectivity index (χ4v) is 5.11. The van der Waals surface area contributed by atoms with Crippen LogP contribution in [-0.2, 0) is 16.1 Å². The molecule has 196 valence electrons. The van der Waals surface area contributed by atoms with Gasteiger partial charge in [0.25, 0.3) is 0 Å². The van der Waals surface area contributed by atoms with Gasteiger partial charge in [0.15, 0.2) is 0 Å². The maximum absolute atomic E-state index is 15.3. The Labute approximate surface area is 223 Å². The summed E-state index contributed by atoms with van der Waals surface area (Å²) in [6.45, 7) is 7.52. The second-order valence-corrected chi connectivity index (χ2v) is 11.8. The second-order valence-electron chi connectivity index (χ2n) is 11.8. The van der Waals surface area contributed by atoms with E-state index in [-0.39, 0.29) is 18.5 Å². The molecule has 38 heavy (non-hydrogen) atoms. The van der Waals surface area contributed by atoms with Crippen molar-refractivity contribution < 1.29 is 18.7 Å². The molecule has 1 fully saturated rings. The van der Waals surface area contributed by atoms with Gasteiger partial charge >= 0.3 is 6.09 Å². The number of hydrogen-bond donors (Lipinski definition) is 1. The quantitative estimate of drug-likeness (QED) is 0.477. The molecule has 1 atom stereocenters. The number of amides is 2. The highest BCUT2D eigenvalue weighted by Crippen LogP contribution is 2.38. The maximum atomic E-state index is 15.3. The first-order chi connectivity index (χ1) is 17.8. The minimum Gasteiger partial charge on any atom is -0.444 e. The second kappa shape index (κ2) is 9.32. The Hall–Kier alpha value is -3.57. The molecule has 0 bridgehead atoms. The fourth-order valence-electron chi connectivity index (χ4n) is 5.11. The number of nitrogens with zero attached hydrogens (tertiary/aromatic N) is 6. The molecule has 0 unspecified atom stereocenters. The van der Waals surface area contributed by atoms with E-state index in [4.69, 9.17) is 9.72 Å². The molecule has 2 aromatic heterocycles. The molecular formula is C24H31B3FN7O3. The van der Waals surface area contributed by atoms with Crippen LogP contribution in [0.5, 0.6) is 0 Å². The first kappa shape index (κ1) is 26.1. The summed E-state index contributed by atoms with van der Waals surface area (Å²) in [5.41, 5.74) is 1.58. The third kappa shape index (κ3) is 4.95. The molecular weight excluding hydrogens is 486 g/mol. The molecule has 1 saturated heterocycles. The Morgan fingerprint density at radius 3 is 2.53 bits per heavy atom. The molecule has 4 heterocycles. The highest BCUT2D eigenvalue weighted by Gasteiger charge is 2.41. The third-order valence-corrected chi connectivity index (χ3v) is 6.69. The standard InChI is InChI=1S/C24H31B3FN7O3/c1-23(2,3)38-22(37)35(24(25,26)27)17-4-6-34-18-8-14(15(28)9-16(18)32-20(17)34)13-10-30-21(31-11-13)33-7-5-29-19(36)12-33/h8-11,17H,4-7,12,25-27H2,1-3H3,(H,29,36)/t17-/m1/s1. The minimum atomic E-state index is -0.630. The Morgan fingerprint density at radius 1 is 1.18 bits per heavy atom. The van der Waals surface area contributed by atoms with Crippen molar-refractivity contribution in [3.8, 4) is 11.1 Å². The van der Waals surface area contributed by atoms with Gasteiger partial charge in [0, 0.05) is 49.2 Å². The highest BCUT2D eigenvalue weighted by atomic mass is 19.1. The van der Waals surface area contributed by atoms with E-state index in [2.05, 4.69) is 15.3 Å².